The first-order valence-electron chi connectivity index (χ1n) is 11.5. The molecule has 34 heavy (non-hydrogen) atoms. The molecule has 0 aliphatic carbocycles. The van der Waals surface area contributed by atoms with Gasteiger partial charge in [0.15, 0.2) is 6.23 Å². The zero-order chi connectivity index (χ0) is 24.6. The van der Waals surface area contributed by atoms with Crippen molar-refractivity contribution in [2.75, 3.05) is 6.61 Å². The molecular weight excluding hydrogens is 441 g/mol. The van der Waals surface area contributed by atoms with Crippen molar-refractivity contribution in [3.8, 4) is 0 Å². The maximum Gasteiger partial charge on any atom is 0.163 e. The molecule has 3 aromatic rings. The Hall–Kier alpha value is -2.33. The third-order valence-electron chi connectivity index (χ3n) is 6.47. The largest absolute Gasteiger partial charge is 0.394 e. The second-order valence-corrected chi connectivity index (χ2v) is 9.72. The van der Waals surface area contributed by atoms with Gasteiger partial charge in [0, 0.05) is 11.6 Å². The van der Waals surface area contributed by atoms with Gasteiger partial charge in [-0.2, -0.15) is 0 Å². The summed E-state index contributed by atoms with van der Waals surface area (Å²) in [5.74, 6) is -0.419. The maximum atomic E-state index is 14.9. The molecule has 8 heteroatoms. The smallest absolute Gasteiger partial charge is 0.163 e. The average molecular weight is 474 g/mol. The van der Waals surface area contributed by atoms with Crippen LogP contribution < -0.4 is 0 Å². The Kier molecular flexibility index (Phi) is 7.09. The van der Waals surface area contributed by atoms with Gasteiger partial charge in [0.05, 0.1) is 17.7 Å². The van der Waals surface area contributed by atoms with E-state index in [1.54, 1.807) is 36.7 Å². The predicted octanol–water partition coefficient (Wildman–Crippen LogP) is 2.05. The van der Waals surface area contributed by atoms with Crippen molar-refractivity contribution < 1.29 is 34.7 Å². The fourth-order valence-electron chi connectivity index (χ4n) is 4.50. The quantitative estimate of drug-likeness (QED) is 0.359. The molecule has 1 fully saturated rings. The van der Waals surface area contributed by atoms with Crippen molar-refractivity contribution in [1.29, 1.82) is 0 Å². The molecular formula is C26H32FNO6. The summed E-state index contributed by atoms with van der Waals surface area (Å²) in [6, 6.07) is 12.5. The van der Waals surface area contributed by atoms with E-state index in [1.165, 1.54) is 6.07 Å². The third kappa shape index (κ3) is 5.02. The minimum absolute atomic E-state index is 0.380. The molecule has 5 atom stereocenters. The molecule has 1 aromatic heterocycles. The number of aliphatic hydroxyl groups excluding tert-OH is 4. The summed E-state index contributed by atoms with van der Waals surface area (Å²) >= 11 is 0. The lowest BCUT2D eigenvalue weighted by atomic mass is 9.97. The van der Waals surface area contributed by atoms with Crippen LogP contribution in [0.25, 0.3) is 10.9 Å². The summed E-state index contributed by atoms with van der Waals surface area (Å²) in [5.41, 5.74) is 2.47. The first kappa shape index (κ1) is 24.8. The highest BCUT2D eigenvalue weighted by Crippen LogP contribution is 2.35. The van der Waals surface area contributed by atoms with E-state index in [1.807, 2.05) is 24.3 Å². The topological polar surface area (TPSA) is 115 Å². The zero-order valence-corrected chi connectivity index (χ0v) is 19.3. The Morgan fingerprint density at radius 2 is 1.65 bits per heavy atom. The number of halogens is 1. The standard InChI is InChI=1S/C26H32FNO6/c1-26(2,33)11-10-15-6-8-16(9-7-15)12-17-13-28(19-5-3-4-18(27)21(17)19)25-24(32)23(31)22(30)20(14-29)34-25/h3-9,13,20,22-25,29-33H,10-12,14H2,1-2H3/t20-,22-,23+,24-,25-/m1/s1. The zero-order valence-electron chi connectivity index (χ0n) is 19.3. The van der Waals surface area contributed by atoms with Crippen LogP contribution in [0.4, 0.5) is 4.39 Å². The van der Waals surface area contributed by atoms with Crippen LogP contribution in [0.2, 0.25) is 0 Å². The normalized spacial score (nSPS) is 25.7. The average Bonchev–Trinajstić information content (AvgIpc) is 3.16. The van der Waals surface area contributed by atoms with Crippen LogP contribution in [0, 0.1) is 5.82 Å². The number of aliphatic hydroxyl groups is 5. The van der Waals surface area contributed by atoms with E-state index < -0.39 is 48.7 Å². The molecule has 0 unspecified atom stereocenters. The van der Waals surface area contributed by atoms with Crippen LogP contribution in [-0.2, 0) is 17.6 Å². The molecule has 2 aromatic carbocycles. The van der Waals surface area contributed by atoms with Gasteiger partial charge in [-0.05, 0) is 61.9 Å². The number of hydrogen-bond donors (Lipinski definition) is 5. The van der Waals surface area contributed by atoms with Crippen LogP contribution in [-0.4, -0.2) is 66.7 Å². The molecule has 4 rings (SSSR count). The van der Waals surface area contributed by atoms with Gasteiger partial charge in [0.25, 0.3) is 0 Å². The van der Waals surface area contributed by atoms with E-state index in [2.05, 4.69) is 0 Å². The van der Waals surface area contributed by atoms with Crippen LogP contribution in [0.15, 0.2) is 48.7 Å². The van der Waals surface area contributed by atoms with Gasteiger partial charge in [0.2, 0.25) is 0 Å². The highest BCUT2D eigenvalue weighted by molar-refractivity contribution is 5.85. The summed E-state index contributed by atoms with van der Waals surface area (Å²) in [5, 5.41) is 50.8. The molecule has 0 spiro atoms. The first-order chi connectivity index (χ1) is 16.1. The fraction of sp³-hybridized carbons (Fsp3) is 0.462. The van der Waals surface area contributed by atoms with Crippen molar-refractivity contribution >= 4 is 10.9 Å². The number of benzene rings is 2. The van der Waals surface area contributed by atoms with Crippen LogP contribution >= 0.6 is 0 Å². The predicted molar refractivity (Wildman–Crippen MR) is 125 cm³/mol. The van der Waals surface area contributed by atoms with Crippen molar-refractivity contribution in [2.45, 2.75) is 69.4 Å². The molecule has 5 N–H and O–H groups in total. The Bertz CT molecular complexity index is 1120. The van der Waals surface area contributed by atoms with Crippen molar-refractivity contribution in [3.63, 3.8) is 0 Å². The molecule has 0 radical (unpaired) electrons. The van der Waals surface area contributed by atoms with Gasteiger partial charge in [0.1, 0.15) is 30.2 Å². The molecule has 0 saturated carbocycles. The molecule has 0 amide bonds. The van der Waals surface area contributed by atoms with E-state index in [9.17, 15) is 29.9 Å². The van der Waals surface area contributed by atoms with Crippen molar-refractivity contribution in [1.82, 2.24) is 4.57 Å². The molecule has 1 saturated heterocycles. The molecule has 1 aliphatic heterocycles. The van der Waals surface area contributed by atoms with Gasteiger partial charge in [-0.3, -0.25) is 0 Å². The van der Waals surface area contributed by atoms with Gasteiger partial charge in [-0.1, -0.05) is 30.3 Å². The maximum absolute atomic E-state index is 14.9. The lowest BCUT2D eigenvalue weighted by Crippen LogP contribution is -2.56. The second kappa shape index (κ2) is 9.73. The fourth-order valence-corrected chi connectivity index (χ4v) is 4.50. The Balaban J connectivity index is 1.65. The number of rotatable bonds is 7. The van der Waals surface area contributed by atoms with Gasteiger partial charge in [-0.15, -0.1) is 0 Å². The Morgan fingerprint density at radius 3 is 2.29 bits per heavy atom. The molecule has 2 heterocycles. The lowest BCUT2D eigenvalue weighted by Gasteiger charge is -2.40. The molecule has 184 valence electrons. The van der Waals surface area contributed by atoms with Gasteiger partial charge in [-0.25, -0.2) is 4.39 Å². The minimum Gasteiger partial charge on any atom is -0.394 e. The number of aromatic nitrogens is 1. The minimum atomic E-state index is -1.53. The SMILES string of the molecule is CC(C)(O)CCc1ccc(Cc2cn([C@@H]3O[C@H](CO)[C@@H](O)[C@H](O)[C@H]3O)c3cccc(F)c23)cc1. The third-order valence-corrected chi connectivity index (χ3v) is 6.47. The number of ether oxygens (including phenoxy) is 1. The van der Waals surface area contributed by atoms with E-state index >= 15 is 0 Å². The summed E-state index contributed by atoms with van der Waals surface area (Å²) in [7, 11) is 0. The Morgan fingerprint density at radius 1 is 0.971 bits per heavy atom. The van der Waals surface area contributed by atoms with E-state index in [4.69, 9.17) is 4.74 Å². The summed E-state index contributed by atoms with van der Waals surface area (Å²) in [6.07, 6.45) is -3.15. The Labute approximate surface area is 197 Å². The van der Waals surface area contributed by atoms with E-state index in [-0.39, 0.29) is 0 Å². The second-order valence-electron chi connectivity index (χ2n) is 9.72. The number of fused-ring (bicyclic) bond motifs is 1. The molecule has 0 bridgehead atoms. The molecule has 1 aliphatic rings. The first-order valence-corrected chi connectivity index (χ1v) is 11.5. The van der Waals surface area contributed by atoms with Crippen LogP contribution in [0.3, 0.4) is 0 Å². The monoisotopic (exact) mass is 473 g/mol. The number of nitrogens with zero attached hydrogens (tertiary/aromatic N) is 1. The highest BCUT2D eigenvalue weighted by atomic mass is 19.1. The summed E-state index contributed by atoms with van der Waals surface area (Å²) in [6.45, 7) is 3.02. The van der Waals surface area contributed by atoms with E-state index in [0.717, 1.165) is 17.5 Å². The van der Waals surface area contributed by atoms with Crippen LogP contribution in [0.5, 0.6) is 0 Å². The highest BCUT2D eigenvalue weighted by Gasteiger charge is 2.44. The number of hydrogen-bond acceptors (Lipinski definition) is 6. The van der Waals surface area contributed by atoms with Gasteiger partial charge >= 0.3 is 0 Å². The van der Waals surface area contributed by atoms with Crippen molar-refractivity contribution in [2.24, 2.45) is 0 Å². The lowest BCUT2D eigenvalue weighted by molar-refractivity contribution is -0.250. The van der Waals surface area contributed by atoms with Crippen LogP contribution in [0.1, 0.15) is 43.2 Å². The molecule has 7 nitrogen and oxygen atoms in total. The number of aryl methyl sites for hydroxylation is 1. The van der Waals surface area contributed by atoms with E-state index in [0.29, 0.717) is 29.3 Å². The summed E-state index contributed by atoms with van der Waals surface area (Å²) in [4.78, 5) is 0. The van der Waals surface area contributed by atoms with Crippen molar-refractivity contribution in [3.05, 3.63) is 71.2 Å². The summed E-state index contributed by atoms with van der Waals surface area (Å²) < 4.78 is 22.2. The van der Waals surface area contributed by atoms with Gasteiger partial charge < -0.3 is 34.8 Å².